The van der Waals surface area contributed by atoms with E-state index in [2.05, 4.69) is 0 Å². The summed E-state index contributed by atoms with van der Waals surface area (Å²) in [6.45, 7) is 1.00. The lowest BCUT2D eigenvalue weighted by atomic mass is 9.96. The zero-order valence-corrected chi connectivity index (χ0v) is 11.1. The van der Waals surface area contributed by atoms with Gasteiger partial charge in [-0.2, -0.15) is 0 Å². The lowest BCUT2D eigenvalue weighted by molar-refractivity contribution is 0.449. The van der Waals surface area contributed by atoms with E-state index in [0.29, 0.717) is 5.39 Å². The Hall–Kier alpha value is -2.36. The Morgan fingerprint density at radius 3 is 1.90 bits per heavy atom. The smallest absolute Gasteiger partial charge is 0.170 e. The molecule has 3 rings (SSSR count). The van der Waals surface area contributed by atoms with Crippen molar-refractivity contribution in [2.75, 3.05) is 0 Å². The molecule has 0 saturated carbocycles. The Morgan fingerprint density at radius 2 is 1.24 bits per heavy atom. The third-order valence-electron chi connectivity index (χ3n) is 3.54. The average molecular weight is 290 g/mol. The second-order valence-corrected chi connectivity index (χ2v) is 4.78. The van der Waals surface area contributed by atoms with E-state index in [0.717, 1.165) is 12.3 Å². The molecule has 0 nitrogen and oxygen atoms in total. The summed E-state index contributed by atoms with van der Waals surface area (Å²) in [7, 11) is 0. The third kappa shape index (κ3) is 1.98. The Morgan fingerprint density at radius 1 is 0.667 bits per heavy atom. The number of benzene rings is 3. The predicted octanol–water partition coefficient (Wildman–Crippen LogP) is 5.37. The van der Waals surface area contributed by atoms with Crippen LogP contribution < -0.4 is 0 Å². The molecule has 3 aromatic carbocycles. The van der Waals surface area contributed by atoms with Crippen LogP contribution in [0.25, 0.3) is 21.9 Å². The topological polar surface area (TPSA) is 0 Å². The van der Waals surface area contributed by atoms with E-state index in [1.807, 2.05) is 0 Å². The number of rotatable bonds is 1. The molecule has 0 saturated heterocycles. The normalized spacial score (nSPS) is 11.1. The van der Waals surface area contributed by atoms with Gasteiger partial charge in [-0.3, -0.25) is 0 Å². The number of halogens is 4. The zero-order chi connectivity index (χ0) is 15.1. The Labute approximate surface area is 118 Å². The molecule has 0 aliphatic heterocycles. The highest BCUT2D eigenvalue weighted by molar-refractivity contribution is 5.96. The van der Waals surface area contributed by atoms with Crippen molar-refractivity contribution in [1.82, 2.24) is 0 Å². The van der Waals surface area contributed by atoms with Crippen LogP contribution in [0.1, 0.15) is 5.56 Å². The second-order valence-electron chi connectivity index (χ2n) is 4.78. The summed E-state index contributed by atoms with van der Waals surface area (Å²) in [5.74, 6) is -5.47. The maximum absolute atomic E-state index is 14.1. The molecule has 0 amide bonds. The summed E-state index contributed by atoms with van der Waals surface area (Å²) in [6.07, 6.45) is 0. The van der Waals surface area contributed by atoms with Crippen LogP contribution in [0.4, 0.5) is 17.6 Å². The monoisotopic (exact) mass is 290 g/mol. The molecule has 0 fully saturated rings. The van der Waals surface area contributed by atoms with Gasteiger partial charge >= 0.3 is 0 Å². The van der Waals surface area contributed by atoms with E-state index in [1.54, 1.807) is 36.4 Å². The average Bonchev–Trinajstić information content (AvgIpc) is 2.51. The van der Waals surface area contributed by atoms with Gasteiger partial charge in [0.05, 0.1) is 5.56 Å². The van der Waals surface area contributed by atoms with E-state index in [4.69, 9.17) is 0 Å². The maximum Gasteiger partial charge on any atom is 0.170 e. The zero-order valence-electron chi connectivity index (χ0n) is 11.1. The number of fused-ring (bicyclic) bond motifs is 1. The molecule has 21 heavy (non-hydrogen) atoms. The van der Waals surface area contributed by atoms with Gasteiger partial charge in [0, 0.05) is 5.56 Å². The van der Waals surface area contributed by atoms with E-state index in [1.165, 1.54) is 6.07 Å². The van der Waals surface area contributed by atoms with Crippen molar-refractivity contribution in [3.63, 3.8) is 0 Å². The second kappa shape index (κ2) is 4.88. The van der Waals surface area contributed by atoms with Crippen LogP contribution in [0.2, 0.25) is 0 Å². The summed E-state index contributed by atoms with van der Waals surface area (Å²) in [6, 6.07) is 11.7. The molecule has 0 bridgehead atoms. The van der Waals surface area contributed by atoms with Crippen LogP contribution in [0.15, 0.2) is 42.5 Å². The highest BCUT2D eigenvalue weighted by atomic mass is 19.2. The summed E-state index contributed by atoms with van der Waals surface area (Å²) in [5.41, 5.74) is -1.21. The van der Waals surface area contributed by atoms with Crippen LogP contribution in [-0.4, -0.2) is 0 Å². The first-order chi connectivity index (χ1) is 10.0. The van der Waals surface area contributed by atoms with E-state index in [-0.39, 0.29) is 5.56 Å². The van der Waals surface area contributed by atoms with Crippen molar-refractivity contribution >= 4 is 10.8 Å². The fourth-order valence-corrected chi connectivity index (χ4v) is 2.42. The summed E-state index contributed by atoms with van der Waals surface area (Å²) in [5, 5.41) is 1.26. The predicted molar refractivity (Wildman–Crippen MR) is 74.0 cm³/mol. The minimum Gasteiger partial charge on any atom is -0.203 e. The van der Waals surface area contributed by atoms with Gasteiger partial charge in [-0.15, -0.1) is 0 Å². The van der Waals surface area contributed by atoms with Crippen molar-refractivity contribution in [1.29, 1.82) is 0 Å². The van der Waals surface area contributed by atoms with E-state index < -0.39 is 34.4 Å². The third-order valence-corrected chi connectivity index (χ3v) is 3.54. The van der Waals surface area contributed by atoms with Gasteiger partial charge in [-0.25, -0.2) is 17.6 Å². The van der Waals surface area contributed by atoms with Gasteiger partial charge in [0.1, 0.15) is 0 Å². The quantitative estimate of drug-likeness (QED) is 0.417. The summed E-state index contributed by atoms with van der Waals surface area (Å²) >= 11 is 0. The van der Waals surface area contributed by atoms with Crippen LogP contribution in [-0.2, 0) is 0 Å². The Kier molecular flexibility index (Phi) is 3.16. The van der Waals surface area contributed by atoms with Crippen molar-refractivity contribution in [3.8, 4) is 11.1 Å². The van der Waals surface area contributed by atoms with E-state index >= 15 is 0 Å². The Bertz CT molecular complexity index is 819. The van der Waals surface area contributed by atoms with Crippen molar-refractivity contribution < 1.29 is 17.6 Å². The molecule has 3 aromatic rings. The highest BCUT2D eigenvalue weighted by Gasteiger charge is 2.24. The van der Waals surface area contributed by atoms with Gasteiger partial charge in [0.25, 0.3) is 0 Å². The minimum absolute atomic E-state index is 0.126. The molecule has 4 heteroatoms. The van der Waals surface area contributed by atoms with Gasteiger partial charge in [-0.1, -0.05) is 42.5 Å². The van der Waals surface area contributed by atoms with Crippen molar-refractivity contribution in [2.45, 2.75) is 6.92 Å². The van der Waals surface area contributed by atoms with Gasteiger partial charge < -0.3 is 0 Å². The minimum atomic E-state index is -1.37. The summed E-state index contributed by atoms with van der Waals surface area (Å²) in [4.78, 5) is 0. The largest absolute Gasteiger partial charge is 0.203 e. The maximum atomic E-state index is 14.1. The molecule has 0 N–H and O–H groups in total. The van der Waals surface area contributed by atoms with E-state index in [9.17, 15) is 17.6 Å². The molecular weight excluding hydrogens is 280 g/mol. The van der Waals surface area contributed by atoms with Crippen LogP contribution in [0, 0.1) is 30.2 Å². The SMILES string of the molecule is Cc1c(F)c(F)c(-c2cccc3ccccc23)c(F)c1F. The lowest BCUT2D eigenvalue weighted by Crippen LogP contribution is -2.03. The molecule has 0 spiro atoms. The van der Waals surface area contributed by atoms with Gasteiger partial charge in [0.2, 0.25) is 0 Å². The molecule has 0 atom stereocenters. The first kappa shape index (κ1) is 13.6. The molecule has 0 aliphatic carbocycles. The van der Waals surface area contributed by atoms with Gasteiger partial charge in [-0.05, 0) is 23.3 Å². The van der Waals surface area contributed by atoms with Gasteiger partial charge in [0.15, 0.2) is 23.3 Å². The Balaban J connectivity index is 2.44. The number of hydrogen-bond donors (Lipinski definition) is 0. The van der Waals surface area contributed by atoms with Crippen LogP contribution in [0.3, 0.4) is 0 Å². The van der Waals surface area contributed by atoms with Crippen molar-refractivity contribution in [2.24, 2.45) is 0 Å². The lowest BCUT2D eigenvalue weighted by Gasteiger charge is -2.12. The molecule has 106 valence electrons. The van der Waals surface area contributed by atoms with Crippen molar-refractivity contribution in [3.05, 3.63) is 71.3 Å². The molecule has 0 heterocycles. The highest BCUT2D eigenvalue weighted by Crippen LogP contribution is 2.35. The summed E-state index contributed by atoms with van der Waals surface area (Å²) < 4.78 is 55.7. The number of hydrogen-bond acceptors (Lipinski definition) is 0. The van der Waals surface area contributed by atoms with Crippen LogP contribution in [0.5, 0.6) is 0 Å². The standard InChI is InChI=1S/C17H10F4/c1-9-14(18)16(20)13(17(21)15(9)19)12-8-4-6-10-5-2-3-7-11(10)12/h2-8H,1H3. The molecule has 0 aromatic heterocycles. The first-order valence-electron chi connectivity index (χ1n) is 6.33. The first-order valence-corrected chi connectivity index (χ1v) is 6.33. The fraction of sp³-hybridized carbons (Fsp3) is 0.0588. The molecular formula is C17H10F4. The molecule has 0 radical (unpaired) electrons. The molecule has 0 aliphatic rings. The fourth-order valence-electron chi connectivity index (χ4n) is 2.42. The van der Waals surface area contributed by atoms with Crippen LogP contribution >= 0.6 is 0 Å². The molecule has 0 unspecified atom stereocenters.